The number of likely N-dealkylation sites (N-methyl/N-ethyl adjacent to an activating group) is 2. The van der Waals surface area contributed by atoms with E-state index in [4.69, 9.17) is 9.97 Å². The van der Waals surface area contributed by atoms with E-state index < -0.39 is 0 Å². The molecule has 1 fully saturated rings. The Hall–Kier alpha value is -1.04. The monoisotopic (exact) mass is 275 g/mol. The van der Waals surface area contributed by atoms with Crippen LogP contribution in [0.1, 0.15) is 29.7 Å². The number of nitrogens with zero attached hydrogens (tertiary/aromatic N) is 4. The molecule has 5 heteroatoms. The molecule has 3 rings (SSSR count). The van der Waals surface area contributed by atoms with E-state index in [0.29, 0.717) is 6.04 Å². The highest BCUT2D eigenvalue weighted by Crippen LogP contribution is 2.19. The maximum Gasteiger partial charge on any atom is 0.130 e. The van der Waals surface area contributed by atoms with E-state index in [1.807, 2.05) is 0 Å². The third kappa shape index (κ3) is 2.71. The molecule has 1 saturated heterocycles. The fourth-order valence-electron chi connectivity index (χ4n) is 3.21. The molecule has 1 aromatic rings. The number of hydrogen-bond acceptors (Lipinski definition) is 5. The van der Waals surface area contributed by atoms with Crippen LogP contribution >= 0.6 is 0 Å². The lowest BCUT2D eigenvalue weighted by Gasteiger charge is -2.37. The van der Waals surface area contributed by atoms with E-state index in [-0.39, 0.29) is 0 Å². The van der Waals surface area contributed by atoms with Crippen molar-refractivity contribution < 1.29 is 0 Å². The Bertz CT molecular complexity index is 487. The lowest BCUT2D eigenvalue weighted by atomic mass is 10.1. The molecule has 0 radical (unpaired) electrons. The molecule has 0 saturated carbocycles. The molecular weight excluding hydrogens is 250 g/mol. The molecule has 0 spiro atoms. The first-order valence-electron chi connectivity index (χ1n) is 7.64. The quantitative estimate of drug-likeness (QED) is 0.867. The Morgan fingerprint density at radius 1 is 1.20 bits per heavy atom. The van der Waals surface area contributed by atoms with Gasteiger partial charge in [0, 0.05) is 56.4 Å². The van der Waals surface area contributed by atoms with Gasteiger partial charge in [0.25, 0.3) is 0 Å². The number of fused-ring (bicyclic) bond motifs is 1. The zero-order chi connectivity index (χ0) is 14.1. The van der Waals surface area contributed by atoms with Crippen LogP contribution in [0.2, 0.25) is 0 Å². The van der Waals surface area contributed by atoms with Crippen LogP contribution in [0.25, 0.3) is 0 Å². The Morgan fingerprint density at radius 3 is 2.85 bits per heavy atom. The van der Waals surface area contributed by atoms with E-state index in [0.717, 1.165) is 51.4 Å². The molecular formula is C15H25N5. The summed E-state index contributed by atoms with van der Waals surface area (Å²) in [6, 6.07) is 0.533. The summed E-state index contributed by atoms with van der Waals surface area (Å²) in [6.07, 6.45) is 1.96. The van der Waals surface area contributed by atoms with E-state index >= 15 is 0 Å². The largest absolute Gasteiger partial charge is 0.307 e. The Balaban J connectivity index is 1.80. The highest BCUT2D eigenvalue weighted by atomic mass is 15.3. The van der Waals surface area contributed by atoms with Crippen LogP contribution in [-0.4, -0.2) is 59.5 Å². The molecule has 1 unspecified atom stereocenters. The molecule has 0 aliphatic carbocycles. The Morgan fingerprint density at radius 2 is 2.05 bits per heavy atom. The minimum atomic E-state index is 0.533. The first-order chi connectivity index (χ1) is 9.67. The van der Waals surface area contributed by atoms with Gasteiger partial charge in [0.1, 0.15) is 5.82 Å². The van der Waals surface area contributed by atoms with Crippen molar-refractivity contribution in [3.63, 3.8) is 0 Å². The molecule has 5 nitrogen and oxygen atoms in total. The second-order valence-electron chi connectivity index (χ2n) is 6.07. The van der Waals surface area contributed by atoms with Crippen molar-refractivity contribution in [2.45, 2.75) is 38.9 Å². The Kier molecular flexibility index (Phi) is 4.01. The number of nitrogens with one attached hydrogen (secondary N) is 1. The summed E-state index contributed by atoms with van der Waals surface area (Å²) in [7, 11) is 4.41. The van der Waals surface area contributed by atoms with Crippen LogP contribution in [0.4, 0.5) is 0 Å². The molecule has 2 aliphatic rings. The fourth-order valence-corrected chi connectivity index (χ4v) is 3.21. The van der Waals surface area contributed by atoms with Gasteiger partial charge in [0.2, 0.25) is 0 Å². The highest BCUT2D eigenvalue weighted by molar-refractivity contribution is 5.29. The number of aromatic nitrogens is 2. The SMILES string of the molecule is CCc1nc(CC2CN(C)CCN2C)nc2c1CNC2. The van der Waals surface area contributed by atoms with Gasteiger partial charge in [-0.1, -0.05) is 6.92 Å². The Labute approximate surface area is 121 Å². The lowest BCUT2D eigenvalue weighted by Crippen LogP contribution is -2.51. The minimum Gasteiger partial charge on any atom is -0.307 e. The van der Waals surface area contributed by atoms with Gasteiger partial charge >= 0.3 is 0 Å². The van der Waals surface area contributed by atoms with Crippen molar-refractivity contribution >= 4 is 0 Å². The van der Waals surface area contributed by atoms with Gasteiger partial charge in [-0.3, -0.25) is 0 Å². The molecule has 1 atom stereocenters. The first-order valence-corrected chi connectivity index (χ1v) is 7.64. The summed E-state index contributed by atoms with van der Waals surface area (Å²) < 4.78 is 0. The maximum atomic E-state index is 4.82. The van der Waals surface area contributed by atoms with Crippen LogP contribution in [0.15, 0.2) is 0 Å². The summed E-state index contributed by atoms with van der Waals surface area (Å²) >= 11 is 0. The summed E-state index contributed by atoms with van der Waals surface area (Å²) in [5, 5.41) is 3.39. The van der Waals surface area contributed by atoms with Gasteiger partial charge in [-0.15, -0.1) is 0 Å². The van der Waals surface area contributed by atoms with Gasteiger partial charge in [-0.25, -0.2) is 9.97 Å². The number of hydrogen-bond donors (Lipinski definition) is 1. The molecule has 1 N–H and O–H groups in total. The third-order valence-electron chi connectivity index (χ3n) is 4.55. The van der Waals surface area contributed by atoms with Crippen molar-refractivity contribution in [2.24, 2.45) is 0 Å². The average molecular weight is 275 g/mol. The molecule has 0 bridgehead atoms. The van der Waals surface area contributed by atoms with Crippen molar-refractivity contribution in [3.05, 3.63) is 22.8 Å². The molecule has 0 amide bonds. The molecule has 0 aromatic carbocycles. The van der Waals surface area contributed by atoms with Crippen LogP contribution in [0, 0.1) is 0 Å². The molecule has 2 aliphatic heterocycles. The fraction of sp³-hybridized carbons (Fsp3) is 0.733. The number of piperazine rings is 1. The molecule has 1 aromatic heterocycles. The van der Waals surface area contributed by atoms with Crippen molar-refractivity contribution in [2.75, 3.05) is 33.7 Å². The second kappa shape index (κ2) is 5.76. The van der Waals surface area contributed by atoms with Crippen molar-refractivity contribution in [1.82, 2.24) is 25.1 Å². The van der Waals surface area contributed by atoms with Gasteiger partial charge < -0.3 is 15.1 Å². The molecule has 110 valence electrons. The van der Waals surface area contributed by atoms with Crippen LogP contribution in [-0.2, 0) is 25.9 Å². The smallest absolute Gasteiger partial charge is 0.130 e. The van der Waals surface area contributed by atoms with Crippen molar-refractivity contribution in [3.8, 4) is 0 Å². The topological polar surface area (TPSA) is 44.3 Å². The zero-order valence-electron chi connectivity index (χ0n) is 12.8. The predicted octanol–water partition coefficient (Wildman–Crippen LogP) is 0.431. The van der Waals surface area contributed by atoms with Gasteiger partial charge in [0.15, 0.2) is 0 Å². The van der Waals surface area contributed by atoms with E-state index in [1.54, 1.807) is 0 Å². The average Bonchev–Trinajstić information content (AvgIpc) is 2.90. The summed E-state index contributed by atoms with van der Waals surface area (Å²) in [5.74, 6) is 1.02. The third-order valence-corrected chi connectivity index (χ3v) is 4.55. The van der Waals surface area contributed by atoms with E-state index in [2.05, 4.69) is 36.1 Å². The van der Waals surface area contributed by atoms with Gasteiger partial charge in [0.05, 0.1) is 5.69 Å². The number of rotatable bonds is 3. The summed E-state index contributed by atoms with van der Waals surface area (Å²) in [5.41, 5.74) is 3.80. The lowest BCUT2D eigenvalue weighted by molar-refractivity contribution is 0.113. The van der Waals surface area contributed by atoms with Gasteiger partial charge in [-0.2, -0.15) is 0 Å². The predicted molar refractivity (Wildman–Crippen MR) is 79.6 cm³/mol. The van der Waals surface area contributed by atoms with Crippen LogP contribution < -0.4 is 5.32 Å². The maximum absolute atomic E-state index is 4.82. The zero-order valence-corrected chi connectivity index (χ0v) is 12.8. The minimum absolute atomic E-state index is 0.533. The highest BCUT2D eigenvalue weighted by Gasteiger charge is 2.25. The van der Waals surface area contributed by atoms with Gasteiger partial charge in [-0.05, 0) is 20.5 Å². The second-order valence-corrected chi connectivity index (χ2v) is 6.07. The first kappa shape index (κ1) is 13.9. The van der Waals surface area contributed by atoms with Crippen LogP contribution in [0.5, 0.6) is 0 Å². The summed E-state index contributed by atoms with van der Waals surface area (Å²) in [4.78, 5) is 14.5. The van der Waals surface area contributed by atoms with Crippen LogP contribution in [0.3, 0.4) is 0 Å². The summed E-state index contributed by atoms with van der Waals surface area (Å²) in [6.45, 7) is 7.42. The van der Waals surface area contributed by atoms with E-state index in [1.165, 1.54) is 17.0 Å². The normalized spacial score (nSPS) is 24.1. The standard InChI is InChI=1S/C15H25N5/c1-4-13-12-8-16-9-14(12)18-15(17-13)7-11-10-19(2)5-6-20(11)3/h11,16H,4-10H2,1-3H3. The number of aryl methyl sites for hydroxylation is 1. The molecule has 3 heterocycles. The van der Waals surface area contributed by atoms with Crippen molar-refractivity contribution in [1.29, 1.82) is 0 Å². The molecule has 20 heavy (non-hydrogen) atoms. The van der Waals surface area contributed by atoms with E-state index in [9.17, 15) is 0 Å².